The highest BCUT2D eigenvalue weighted by molar-refractivity contribution is 6.41. The molecule has 1 aromatic heterocycles. The topological polar surface area (TPSA) is 131 Å². The van der Waals surface area contributed by atoms with Crippen molar-refractivity contribution in [2.24, 2.45) is 5.10 Å². The zero-order chi connectivity index (χ0) is 21.1. The molecule has 5 N–H and O–H groups in total. The number of aliphatic hydroxyl groups excluding tert-OH is 3. The fraction of sp³-hybridized carbons (Fsp3) is 0.167. The van der Waals surface area contributed by atoms with Gasteiger partial charge in [0.25, 0.3) is 5.56 Å². The number of benzene rings is 2. The van der Waals surface area contributed by atoms with Crippen LogP contribution in [-0.2, 0) is 0 Å². The van der Waals surface area contributed by atoms with E-state index in [0.717, 1.165) is 0 Å². The molecule has 0 saturated carbocycles. The van der Waals surface area contributed by atoms with Crippen molar-refractivity contribution in [3.63, 3.8) is 0 Å². The number of hydrogen-bond donors (Lipinski definition) is 5. The van der Waals surface area contributed by atoms with Crippen LogP contribution < -0.4 is 11.0 Å². The van der Waals surface area contributed by atoms with Crippen molar-refractivity contribution in [1.82, 2.24) is 9.97 Å². The number of hydrogen-bond acceptors (Lipinski definition) is 7. The first-order chi connectivity index (χ1) is 13.8. The SMILES string of the molecule is O=c1[nH]c2ccccc2nc1/C(=N/Nc1c(Cl)cc(Cl)cc1Cl)[C@H](O)[C@@H](O)CO. The second-order valence-corrected chi connectivity index (χ2v) is 7.23. The number of anilines is 1. The van der Waals surface area contributed by atoms with Crippen molar-refractivity contribution in [2.75, 3.05) is 12.0 Å². The van der Waals surface area contributed by atoms with Crippen molar-refractivity contribution >= 4 is 57.2 Å². The predicted octanol–water partition coefficient (Wildman–Crippen LogP) is 2.41. The van der Waals surface area contributed by atoms with Crippen LogP contribution in [0.3, 0.4) is 0 Å². The molecular formula is C18H15Cl3N4O4. The first-order valence-electron chi connectivity index (χ1n) is 8.26. The highest BCUT2D eigenvalue weighted by atomic mass is 35.5. The minimum Gasteiger partial charge on any atom is -0.394 e. The maximum absolute atomic E-state index is 12.5. The van der Waals surface area contributed by atoms with E-state index in [2.05, 4.69) is 20.5 Å². The van der Waals surface area contributed by atoms with Crippen LogP contribution in [0.25, 0.3) is 11.0 Å². The molecule has 3 rings (SSSR count). The molecule has 0 amide bonds. The summed E-state index contributed by atoms with van der Waals surface area (Å²) >= 11 is 18.1. The number of aromatic nitrogens is 2. The highest BCUT2D eigenvalue weighted by Gasteiger charge is 2.27. The lowest BCUT2D eigenvalue weighted by Crippen LogP contribution is -2.40. The Labute approximate surface area is 179 Å². The smallest absolute Gasteiger partial charge is 0.276 e. The van der Waals surface area contributed by atoms with Crippen molar-refractivity contribution in [3.05, 3.63) is 67.5 Å². The van der Waals surface area contributed by atoms with Crippen LogP contribution in [0.15, 0.2) is 46.3 Å². The first-order valence-corrected chi connectivity index (χ1v) is 9.39. The van der Waals surface area contributed by atoms with Crippen LogP contribution in [0.5, 0.6) is 0 Å². The normalized spacial score (nSPS) is 14.1. The van der Waals surface area contributed by atoms with E-state index in [1.165, 1.54) is 12.1 Å². The van der Waals surface area contributed by atoms with Gasteiger partial charge in [0.2, 0.25) is 0 Å². The van der Waals surface area contributed by atoms with E-state index in [9.17, 15) is 20.1 Å². The zero-order valence-corrected chi connectivity index (χ0v) is 16.9. The molecule has 0 radical (unpaired) electrons. The molecule has 2 atom stereocenters. The molecule has 8 nitrogen and oxygen atoms in total. The average molecular weight is 458 g/mol. The summed E-state index contributed by atoms with van der Waals surface area (Å²) < 4.78 is 0. The molecule has 0 unspecified atom stereocenters. The van der Waals surface area contributed by atoms with Crippen LogP contribution in [0.2, 0.25) is 15.1 Å². The number of aliphatic hydroxyl groups is 3. The van der Waals surface area contributed by atoms with E-state index in [4.69, 9.17) is 34.8 Å². The highest BCUT2D eigenvalue weighted by Crippen LogP contribution is 2.33. The van der Waals surface area contributed by atoms with Crippen molar-refractivity contribution < 1.29 is 15.3 Å². The molecule has 0 aliphatic heterocycles. The Balaban J connectivity index is 2.12. The number of para-hydroxylation sites is 2. The van der Waals surface area contributed by atoms with Gasteiger partial charge < -0.3 is 20.3 Å². The van der Waals surface area contributed by atoms with E-state index in [0.29, 0.717) is 16.1 Å². The molecule has 11 heteroatoms. The number of fused-ring (bicyclic) bond motifs is 1. The molecule has 2 aromatic carbocycles. The van der Waals surface area contributed by atoms with Gasteiger partial charge in [-0.3, -0.25) is 10.2 Å². The van der Waals surface area contributed by atoms with E-state index in [1.807, 2.05) is 0 Å². The van der Waals surface area contributed by atoms with Gasteiger partial charge in [0.1, 0.15) is 17.9 Å². The number of nitrogens with one attached hydrogen (secondary N) is 2. The van der Waals surface area contributed by atoms with E-state index in [1.54, 1.807) is 24.3 Å². The van der Waals surface area contributed by atoms with Gasteiger partial charge in [-0.15, -0.1) is 0 Å². The molecule has 0 fully saturated rings. The van der Waals surface area contributed by atoms with Crippen molar-refractivity contribution in [3.8, 4) is 0 Å². The minimum absolute atomic E-state index is 0.142. The molecule has 152 valence electrons. The maximum Gasteiger partial charge on any atom is 0.276 e. The largest absolute Gasteiger partial charge is 0.394 e. The molecule has 0 saturated heterocycles. The number of hydrazone groups is 1. The van der Waals surface area contributed by atoms with Crippen molar-refractivity contribution in [1.29, 1.82) is 0 Å². The van der Waals surface area contributed by atoms with Crippen LogP contribution in [0, 0.1) is 0 Å². The average Bonchev–Trinajstić information content (AvgIpc) is 2.68. The van der Waals surface area contributed by atoms with E-state index in [-0.39, 0.29) is 27.1 Å². The molecule has 3 aromatic rings. The Bertz CT molecular complexity index is 1110. The molecule has 0 aliphatic carbocycles. The monoisotopic (exact) mass is 456 g/mol. The first kappa shape index (κ1) is 21.5. The summed E-state index contributed by atoms with van der Waals surface area (Å²) in [4.78, 5) is 19.4. The zero-order valence-electron chi connectivity index (χ0n) is 14.6. The summed E-state index contributed by atoms with van der Waals surface area (Å²) in [5.41, 5.74) is 2.42. The lowest BCUT2D eigenvalue weighted by molar-refractivity contribution is 0.0185. The van der Waals surface area contributed by atoms with Gasteiger partial charge in [0.15, 0.2) is 5.69 Å². The second kappa shape index (κ2) is 9.08. The molecule has 29 heavy (non-hydrogen) atoms. The Morgan fingerprint density at radius 3 is 2.48 bits per heavy atom. The fourth-order valence-corrected chi connectivity index (χ4v) is 3.41. The number of H-pyrrole nitrogens is 1. The third-order valence-electron chi connectivity index (χ3n) is 3.97. The van der Waals surface area contributed by atoms with Gasteiger partial charge in [-0.1, -0.05) is 46.9 Å². The van der Waals surface area contributed by atoms with Crippen LogP contribution in [-0.4, -0.2) is 49.8 Å². The maximum atomic E-state index is 12.5. The summed E-state index contributed by atoms with van der Waals surface area (Å²) in [5.74, 6) is 0. The lowest BCUT2D eigenvalue weighted by atomic mass is 10.1. The number of halogens is 3. The van der Waals surface area contributed by atoms with Gasteiger partial charge in [-0.05, 0) is 24.3 Å². The fourth-order valence-electron chi connectivity index (χ4n) is 2.51. The molecule has 0 aliphatic rings. The number of rotatable bonds is 6. The van der Waals surface area contributed by atoms with Gasteiger partial charge in [-0.2, -0.15) is 5.10 Å². The quantitative estimate of drug-likeness (QED) is 0.285. The Hall–Kier alpha value is -2.20. The summed E-state index contributed by atoms with van der Waals surface area (Å²) in [5, 5.41) is 34.1. The van der Waals surface area contributed by atoms with Gasteiger partial charge >= 0.3 is 0 Å². The van der Waals surface area contributed by atoms with Crippen LogP contribution in [0.4, 0.5) is 5.69 Å². The van der Waals surface area contributed by atoms with Crippen molar-refractivity contribution in [2.45, 2.75) is 12.2 Å². The number of nitrogens with zero attached hydrogens (tertiary/aromatic N) is 2. The second-order valence-electron chi connectivity index (χ2n) is 5.98. The standard InChI is InChI=1S/C18H15Cl3N4O4/c19-8-5-9(20)14(10(21)6-8)24-25-15(17(28)13(27)7-26)16-18(29)23-12-4-2-1-3-11(12)22-16/h1-6,13,17,24,26-28H,7H2,(H,23,29)/b25-15-/t13-,17+/m0/s1. The lowest BCUT2D eigenvalue weighted by Gasteiger charge is -2.18. The Morgan fingerprint density at radius 2 is 1.83 bits per heavy atom. The van der Waals surface area contributed by atoms with E-state index >= 15 is 0 Å². The molecular weight excluding hydrogens is 443 g/mol. The van der Waals surface area contributed by atoms with Gasteiger partial charge in [-0.25, -0.2) is 4.98 Å². The van der Waals surface area contributed by atoms with Crippen LogP contribution in [0.1, 0.15) is 5.69 Å². The third-order valence-corrected chi connectivity index (χ3v) is 4.78. The summed E-state index contributed by atoms with van der Waals surface area (Å²) in [7, 11) is 0. The van der Waals surface area contributed by atoms with Crippen LogP contribution >= 0.6 is 34.8 Å². The number of aromatic amines is 1. The van der Waals surface area contributed by atoms with E-state index < -0.39 is 24.4 Å². The third kappa shape index (κ3) is 4.69. The van der Waals surface area contributed by atoms with Gasteiger partial charge in [0, 0.05) is 5.02 Å². The summed E-state index contributed by atoms with van der Waals surface area (Å²) in [6, 6.07) is 9.61. The predicted molar refractivity (Wildman–Crippen MR) is 113 cm³/mol. The Kier molecular flexibility index (Phi) is 6.74. The van der Waals surface area contributed by atoms with Gasteiger partial charge in [0.05, 0.1) is 33.4 Å². The minimum atomic E-state index is -1.73. The summed E-state index contributed by atoms with van der Waals surface area (Å²) in [6.45, 7) is -0.770. The Morgan fingerprint density at radius 1 is 1.17 bits per heavy atom. The molecule has 1 heterocycles. The molecule has 0 spiro atoms. The summed E-state index contributed by atoms with van der Waals surface area (Å²) in [6.07, 6.45) is -3.34. The molecule has 0 bridgehead atoms.